The highest BCUT2D eigenvalue weighted by atomic mass is 14.9. The van der Waals surface area contributed by atoms with Crippen LogP contribution >= 0.6 is 0 Å². The molecule has 0 saturated carbocycles. The first-order valence-electron chi connectivity index (χ1n) is 10.8. The molecule has 3 aromatic rings. The molecule has 3 unspecified atom stereocenters. The molecule has 0 amide bonds. The van der Waals surface area contributed by atoms with Gasteiger partial charge in [0.05, 0.1) is 29.4 Å². The first-order valence-corrected chi connectivity index (χ1v) is 10.8. The van der Waals surface area contributed by atoms with Crippen LogP contribution in [0.4, 0.5) is 0 Å². The van der Waals surface area contributed by atoms with Crippen molar-refractivity contribution < 1.29 is 0 Å². The Morgan fingerprint density at radius 3 is 2.48 bits per heavy atom. The smallest absolute Gasteiger partial charge is 0.0991 e. The number of hydrogen-bond acceptors (Lipinski definition) is 4. The maximum absolute atomic E-state index is 10.5. The van der Waals surface area contributed by atoms with Crippen molar-refractivity contribution in [2.75, 3.05) is 13.1 Å². The predicted molar refractivity (Wildman–Crippen MR) is 120 cm³/mol. The lowest BCUT2D eigenvalue weighted by atomic mass is 9.62. The molecule has 0 aliphatic carbocycles. The Kier molecular flexibility index (Phi) is 6.16. The molecule has 2 heterocycles. The molecule has 0 spiro atoms. The SMILES string of the molecule is Cc1ccc(CC2(C#N)CCNCC2C(Cc2ccc(C#N)cc2)c2cnc[nH]2)cc1. The van der Waals surface area contributed by atoms with Crippen molar-refractivity contribution in [3.63, 3.8) is 0 Å². The number of H-pyrrole nitrogens is 1. The van der Waals surface area contributed by atoms with Gasteiger partial charge in [-0.3, -0.25) is 0 Å². The number of nitriles is 2. The molecule has 3 atom stereocenters. The minimum atomic E-state index is -0.455. The summed E-state index contributed by atoms with van der Waals surface area (Å²) in [5, 5.41) is 23.1. The summed E-state index contributed by atoms with van der Waals surface area (Å²) in [6.45, 7) is 3.73. The Morgan fingerprint density at radius 1 is 1.10 bits per heavy atom. The number of piperidine rings is 1. The lowest BCUT2D eigenvalue weighted by Crippen LogP contribution is -2.48. The maximum atomic E-state index is 10.5. The number of aryl methyl sites for hydroxylation is 1. The number of rotatable bonds is 6. The summed E-state index contributed by atoms with van der Waals surface area (Å²) in [6, 6.07) is 21.3. The van der Waals surface area contributed by atoms with Crippen molar-refractivity contribution in [2.45, 2.75) is 32.1 Å². The van der Waals surface area contributed by atoms with Crippen LogP contribution in [-0.4, -0.2) is 23.1 Å². The summed E-state index contributed by atoms with van der Waals surface area (Å²) in [5.41, 5.74) is 4.86. The van der Waals surface area contributed by atoms with Crippen LogP contribution in [0.1, 0.15) is 40.3 Å². The third kappa shape index (κ3) is 4.53. The molecule has 5 heteroatoms. The number of hydrogen-bond donors (Lipinski definition) is 2. The second-order valence-corrected chi connectivity index (χ2v) is 8.62. The van der Waals surface area contributed by atoms with Crippen LogP contribution in [0.5, 0.6) is 0 Å². The van der Waals surface area contributed by atoms with E-state index in [1.165, 1.54) is 11.1 Å². The van der Waals surface area contributed by atoms with Crippen LogP contribution in [-0.2, 0) is 12.8 Å². The molecule has 156 valence electrons. The summed E-state index contributed by atoms with van der Waals surface area (Å²) >= 11 is 0. The summed E-state index contributed by atoms with van der Waals surface area (Å²) < 4.78 is 0. The lowest BCUT2D eigenvalue weighted by Gasteiger charge is -2.43. The van der Waals surface area contributed by atoms with E-state index in [1.807, 2.05) is 30.5 Å². The van der Waals surface area contributed by atoms with E-state index in [0.717, 1.165) is 43.6 Å². The third-order valence-electron chi connectivity index (χ3n) is 6.63. The zero-order chi connectivity index (χ0) is 21.7. The van der Waals surface area contributed by atoms with Gasteiger partial charge in [0.1, 0.15) is 0 Å². The first kappa shape index (κ1) is 20.8. The summed E-state index contributed by atoms with van der Waals surface area (Å²) in [7, 11) is 0. The normalized spacial score (nSPS) is 21.7. The summed E-state index contributed by atoms with van der Waals surface area (Å²) in [6.07, 6.45) is 5.95. The van der Waals surface area contributed by atoms with Crippen LogP contribution in [0.2, 0.25) is 0 Å². The summed E-state index contributed by atoms with van der Waals surface area (Å²) in [4.78, 5) is 7.58. The van der Waals surface area contributed by atoms with Gasteiger partial charge >= 0.3 is 0 Å². The van der Waals surface area contributed by atoms with Gasteiger partial charge in [-0.15, -0.1) is 0 Å². The molecule has 1 aliphatic rings. The standard InChI is InChI=1S/C26H27N5/c1-19-2-4-21(5-3-19)13-26(17-28)10-11-29-15-24(26)23(25-16-30-18-31-25)12-20-6-8-22(14-27)9-7-20/h2-9,16,18,23-24,29H,10-13,15H2,1H3,(H,30,31). The largest absolute Gasteiger partial charge is 0.348 e. The zero-order valence-electron chi connectivity index (χ0n) is 17.8. The molecule has 1 aromatic heterocycles. The number of nitrogens with zero attached hydrogens (tertiary/aromatic N) is 3. The van der Waals surface area contributed by atoms with Gasteiger partial charge in [-0.25, -0.2) is 4.98 Å². The minimum absolute atomic E-state index is 0.119. The molecular weight excluding hydrogens is 382 g/mol. The Morgan fingerprint density at radius 2 is 1.84 bits per heavy atom. The Balaban J connectivity index is 1.69. The van der Waals surface area contributed by atoms with Gasteiger partial charge in [-0.05, 0) is 61.9 Å². The van der Waals surface area contributed by atoms with E-state index < -0.39 is 5.41 Å². The average Bonchev–Trinajstić information content (AvgIpc) is 3.35. The monoisotopic (exact) mass is 409 g/mol. The van der Waals surface area contributed by atoms with E-state index in [-0.39, 0.29) is 11.8 Å². The lowest BCUT2D eigenvalue weighted by molar-refractivity contribution is 0.142. The van der Waals surface area contributed by atoms with E-state index in [0.29, 0.717) is 5.56 Å². The number of aromatic nitrogens is 2. The number of aromatic amines is 1. The quantitative estimate of drug-likeness (QED) is 0.636. The van der Waals surface area contributed by atoms with Crippen LogP contribution in [0.3, 0.4) is 0 Å². The fourth-order valence-electron chi connectivity index (χ4n) is 4.85. The second kappa shape index (κ2) is 9.16. The van der Waals surface area contributed by atoms with Crippen molar-refractivity contribution in [2.24, 2.45) is 11.3 Å². The van der Waals surface area contributed by atoms with Gasteiger partial charge in [0, 0.05) is 24.4 Å². The second-order valence-electron chi connectivity index (χ2n) is 8.62. The Bertz CT molecular complexity index is 1070. The van der Waals surface area contributed by atoms with E-state index in [9.17, 15) is 5.26 Å². The molecule has 1 fully saturated rings. The van der Waals surface area contributed by atoms with Crippen molar-refractivity contribution >= 4 is 0 Å². The minimum Gasteiger partial charge on any atom is -0.348 e. The highest BCUT2D eigenvalue weighted by Gasteiger charge is 2.45. The first-order chi connectivity index (χ1) is 15.1. The molecule has 0 radical (unpaired) electrons. The van der Waals surface area contributed by atoms with Gasteiger partial charge in [0.25, 0.3) is 0 Å². The molecule has 2 aromatic carbocycles. The van der Waals surface area contributed by atoms with E-state index >= 15 is 0 Å². The van der Waals surface area contributed by atoms with Crippen LogP contribution in [0, 0.1) is 40.9 Å². The van der Waals surface area contributed by atoms with Crippen molar-refractivity contribution in [3.8, 4) is 12.1 Å². The van der Waals surface area contributed by atoms with Gasteiger partial charge in [-0.2, -0.15) is 10.5 Å². The predicted octanol–water partition coefficient (Wildman–Crippen LogP) is 4.28. The van der Waals surface area contributed by atoms with E-state index in [2.05, 4.69) is 58.6 Å². The van der Waals surface area contributed by atoms with Crippen LogP contribution < -0.4 is 5.32 Å². The topological polar surface area (TPSA) is 88.3 Å². The molecular formula is C26H27N5. The van der Waals surface area contributed by atoms with Gasteiger partial charge in [0.15, 0.2) is 0 Å². The molecule has 2 N–H and O–H groups in total. The number of benzene rings is 2. The fourth-order valence-corrected chi connectivity index (χ4v) is 4.85. The zero-order valence-corrected chi connectivity index (χ0v) is 17.8. The maximum Gasteiger partial charge on any atom is 0.0991 e. The van der Waals surface area contributed by atoms with Crippen molar-refractivity contribution in [3.05, 3.63) is 89.0 Å². The fraction of sp³-hybridized carbons (Fsp3) is 0.346. The third-order valence-corrected chi connectivity index (χ3v) is 6.63. The molecule has 5 nitrogen and oxygen atoms in total. The number of imidazole rings is 1. The van der Waals surface area contributed by atoms with Crippen LogP contribution in [0.25, 0.3) is 0 Å². The average molecular weight is 410 g/mol. The Labute approximate surface area is 183 Å². The highest BCUT2D eigenvalue weighted by molar-refractivity contribution is 5.33. The van der Waals surface area contributed by atoms with Crippen molar-refractivity contribution in [1.29, 1.82) is 10.5 Å². The van der Waals surface area contributed by atoms with Gasteiger partial charge in [-0.1, -0.05) is 42.0 Å². The number of nitrogens with one attached hydrogen (secondary N) is 2. The van der Waals surface area contributed by atoms with E-state index in [1.54, 1.807) is 6.33 Å². The highest BCUT2D eigenvalue weighted by Crippen LogP contribution is 2.45. The molecule has 1 aliphatic heterocycles. The molecule has 4 rings (SSSR count). The van der Waals surface area contributed by atoms with Gasteiger partial charge < -0.3 is 10.3 Å². The molecule has 31 heavy (non-hydrogen) atoms. The summed E-state index contributed by atoms with van der Waals surface area (Å²) in [5.74, 6) is 0.247. The van der Waals surface area contributed by atoms with E-state index in [4.69, 9.17) is 5.26 Å². The molecule has 0 bridgehead atoms. The van der Waals surface area contributed by atoms with Crippen LogP contribution in [0.15, 0.2) is 61.1 Å². The van der Waals surface area contributed by atoms with Gasteiger partial charge in [0.2, 0.25) is 0 Å². The molecule has 1 saturated heterocycles. The Hall–Kier alpha value is -3.41. The van der Waals surface area contributed by atoms with Crippen molar-refractivity contribution in [1.82, 2.24) is 15.3 Å².